The van der Waals surface area contributed by atoms with E-state index in [-0.39, 0.29) is 12.0 Å². The fourth-order valence-electron chi connectivity index (χ4n) is 1.82. The second-order valence-electron chi connectivity index (χ2n) is 4.08. The molecule has 1 radical (unpaired) electrons. The Labute approximate surface area is 108 Å². The van der Waals surface area contributed by atoms with E-state index in [0.717, 1.165) is 6.07 Å². The number of halogens is 4. The van der Waals surface area contributed by atoms with E-state index < -0.39 is 17.6 Å². The van der Waals surface area contributed by atoms with Gasteiger partial charge in [0.1, 0.15) is 5.82 Å². The molecule has 4 heteroatoms. The molecule has 0 amide bonds. The minimum absolute atomic E-state index is 0.0678. The van der Waals surface area contributed by atoms with Gasteiger partial charge in [0.2, 0.25) is 0 Å². The zero-order valence-electron chi connectivity index (χ0n) is 9.92. The molecule has 0 nitrogen and oxygen atoms in total. The molecular formula is C15H11F4. The first kappa shape index (κ1) is 13.6. The number of rotatable bonds is 3. The van der Waals surface area contributed by atoms with Crippen LogP contribution in [0.25, 0.3) is 0 Å². The number of hydrogen-bond acceptors (Lipinski definition) is 0. The topological polar surface area (TPSA) is 0 Å². The Kier molecular flexibility index (Phi) is 3.88. The van der Waals surface area contributed by atoms with E-state index in [0.29, 0.717) is 5.56 Å². The Bertz CT molecular complexity index is 558. The molecule has 2 rings (SSSR count). The van der Waals surface area contributed by atoms with Crippen LogP contribution in [0, 0.1) is 12.2 Å². The molecule has 0 saturated carbocycles. The second-order valence-corrected chi connectivity index (χ2v) is 4.08. The van der Waals surface area contributed by atoms with Gasteiger partial charge in [-0.25, -0.2) is 4.39 Å². The van der Waals surface area contributed by atoms with Crippen molar-refractivity contribution in [1.82, 2.24) is 0 Å². The van der Waals surface area contributed by atoms with Crippen LogP contribution >= 0.6 is 0 Å². The van der Waals surface area contributed by atoms with Gasteiger partial charge in [0.25, 0.3) is 0 Å². The third-order valence-corrected chi connectivity index (χ3v) is 2.77. The van der Waals surface area contributed by atoms with Crippen molar-refractivity contribution in [3.05, 3.63) is 77.5 Å². The molecule has 0 aromatic heterocycles. The molecule has 19 heavy (non-hydrogen) atoms. The quantitative estimate of drug-likeness (QED) is 0.711. The molecule has 0 bridgehead atoms. The summed E-state index contributed by atoms with van der Waals surface area (Å²) < 4.78 is 51.7. The highest BCUT2D eigenvalue weighted by atomic mass is 19.4. The van der Waals surface area contributed by atoms with Gasteiger partial charge in [-0.3, -0.25) is 0 Å². The predicted octanol–water partition coefficient (Wildman–Crippen LogP) is 4.64. The average molecular weight is 267 g/mol. The summed E-state index contributed by atoms with van der Waals surface area (Å²) in [7, 11) is 0. The summed E-state index contributed by atoms with van der Waals surface area (Å²) in [5.41, 5.74) is -0.260. The predicted molar refractivity (Wildman–Crippen MR) is 65.0 cm³/mol. The van der Waals surface area contributed by atoms with Crippen molar-refractivity contribution in [2.45, 2.75) is 12.6 Å². The molecule has 0 saturated heterocycles. The zero-order valence-corrected chi connectivity index (χ0v) is 9.92. The van der Waals surface area contributed by atoms with E-state index in [4.69, 9.17) is 0 Å². The van der Waals surface area contributed by atoms with Crippen LogP contribution in [-0.4, -0.2) is 0 Å². The maximum atomic E-state index is 13.4. The van der Waals surface area contributed by atoms with Crippen molar-refractivity contribution in [2.75, 3.05) is 0 Å². The van der Waals surface area contributed by atoms with Crippen LogP contribution in [0.15, 0.2) is 48.5 Å². The Morgan fingerprint density at radius 3 is 2.21 bits per heavy atom. The number of alkyl halides is 3. The lowest BCUT2D eigenvalue weighted by Crippen LogP contribution is -2.09. The molecule has 0 aliphatic carbocycles. The zero-order chi connectivity index (χ0) is 13.9. The van der Waals surface area contributed by atoms with E-state index in [1.165, 1.54) is 30.7 Å². The maximum absolute atomic E-state index is 13.4. The summed E-state index contributed by atoms with van der Waals surface area (Å²) >= 11 is 0. The van der Waals surface area contributed by atoms with Crippen molar-refractivity contribution in [3.8, 4) is 0 Å². The first-order valence-corrected chi connectivity index (χ1v) is 5.71. The minimum atomic E-state index is -4.40. The lowest BCUT2D eigenvalue weighted by molar-refractivity contribution is -0.137. The highest BCUT2D eigenvalue weighted by Gasteiger charge is 2.32. The van der Waals surface area contributed by atoms with Gasteiger partial charge in [-0.1, -0.05) is 36.4 Å². The van der Waals surface area contributed by atoms with Gasteiger partial charge in [-0.2, -0.15) is 13.2 Å². The first-order valence-electron chi connectivity index (χ1n) is 5.71. The largest absolute Gasteiger partial charge is 0.416 e. The fourth-order valence-corrected chi connectivity index (χ4v) is 1.82. The third kappa shape index (κ3) is 3.34. The van der Waals surface area contributed by atoms with Gasteiger partial charge in [0.15, 0.2) is 0 Å². The molecule has 99 valence electrons. The van der Waals surface area contributed by atoms with Gasteiger partial charge in [-0.05, 0) is 36.1 Å². The summed E-state index contributed by atoms with van der Waals surface area (Å²) in [5, 5.41) is 0. The summed E-state index contributed by atoms with van der Waals surface area (Å²) in [6.45, 7) is 0. The van der Waals surface area contributed by atoms with E-state index >= 15 is 0 Å². The molecule has 0 fully saturated rings. The van der Waals surface area contributed by atoms with Crippen LogP contribution in [0.2, 0.25) is 0 Å². The van der Waals surface area contributed by atoms with Crippen LogP contribution in [0.1, 0.15) is 16.7 Å². The minimum Gasteiger partial charge on any atom is -0.207 e. The lowest BCUT2D eigenvalue weighted by Gasteiger charge is -2.12. The lowest BCUT2D eigenvalue weighted by atomic mass is 9.99. The Hall–Kier alpha value is -1.84. The molecule has 0 N–H and O–H groups in total. The van der Waals surface area contributed by atoms with Crippen LogP contribution in [-0.2, 0) is 12.6 Å². The number of hydrogen-bond donors (Lipinski definition) is 0. The third-order valence-electron chi connectivity index (χ3n) is 2.77. The van der Waals surface area contributed by atoms with E-state index in [2.05, 4.69) is 0 Å². The highest BCUT2D eigenvalue weighted by Crippen LogP contribution is 2.32. The SMILES string of the molecule is Fc1ccccc1C[CH]c1ccccc1C(F)(F)F. The molecule has 0 unspecified atom stereocenters. The van der Waals surface area contributed by atoms with Gasteiger partial charge in [0.05, 0.1) is 5.56 Å². The van der Waals surface area contributed by atoms with E-state index in [9.17, 15) is 17.6 Å². The van der Waals surface area contributed by atoms with Crippen LogP contribution < -0.4 is 0 Å². The molecule has 0 heterocycles. The molecule has 2 aromatic rings. The van der Waals surface area contributed by atoms with Crippen molar-refractivity contribution in [3.63, 3.8) is 0 Å². The molecular weight excluding hydrogens is 256 g/mol. The molecule has 0 spiro atoms. The standard InChI is InChI=1S/C15H11F4/c16-14-8-4-2-6-12(14)10-9-11-5-1-3-7-13(11)15(17,18)19/h1-9H,10H2. The van der Waals surface area contributed by atoms with E-state index in [1.807, 2.05) is 0 Å². The van der Waals surface area contributed by atoms with Gasteiger partial charge < -0.3 is 0 Å². The normalized spacial score (nSPS) is 11.6. The summed E-state index contributed by atoms with van der Waals surface area (Å²) in [6, 6.07) is 11.3. The summed E-state index contributed by atoms with van der Waals surface area (Å²) in [6.07, 6.45) is -2.89. The van der Waals surface area contributed by atoms with Crippen LogP contribution in [0.5, 0.6) is 0 Å². The van der Waals surface area contributed by atoms with Crippen molar-refractivity contribution in [2.24, 2.45) is 0 Å². The Balaban J connectivity index is 2.19. The van der Waals surface area contributed by atoms with Gasteiger partial charge in [0, 0.05) is 0 Å². The maximum Gasteiger partial charge on any atom is 0.416 e. The van der Waals surface area contributed by atoms with Gasteiger partial charge in [-0.15, -0.1) is 0 Å². The molecule has 2 aromatic carbocycles. The fraction of sp³-hybridized carbons (Fsp3) is 0.133. The number of benzene rings is 2. The summed E-state index contributed by atoms with van der Waals surface area (Å²) in [5.74, 6) is -0.414. The molecule has 0 aliphatic heterocycles. The van der Waals surface area contributed by atoms with Crippen molar-refractivity contribution >= 4 is 0 Å². The van der Waals surface area contributed by atoms with Crippen LogP contribution in [0.4, 0.5) is 17.6 Å². The monoisotopic (exact) mass is 267 g/mol. The summed E-state index contributed by atoms with van der Waals surface area (Å²) in [4.78, 5) is 0. The Morgan fingerprint density at radius 2 is 1.53 bits per heavy atom. The molecule has 0 aliphatic rings. The van der Waals surface area contributed by atoms with Crippen molar-refractivity contribution < 1.29 is 17.6 Å². The first-order chi connectivity index (χ1) is 8.98. The van der Waals surface area contributed by atoms with Crippen molar-refractivity contribution in [1.29, 1.82) is 0 Å². The van der Waals surface area contributed by atoms with Gasteiger partial charge >= 0.3 is 6.18 Å². The highest BCUT2D eigenvalue weighted by molar-refractivity contribution is 5.36. The molecule has 0 atom stereocenters. The smallest absolute Gasteiger partial charge is 0.207 e. The Morgan fingerprint density at radius 1 is 0.895 bits per heavy atom. The van der Waals surface area contributed by atoms with Crippen LogP contribution in [0.3, 0.4) is 0 Å². The average Bonchev–Trinajstić information content (AvgIpc) is 2.37. The van der Waals surface area contributed by atoms with E-state index in [1.54, 1.807) is 18.2 Å². The second kappa shape index (κ2) is 5.43.